The van der Waals surface area contributed by atoms with E-state index < -0.39 is 135 Å². The lowest BCUT2D eigenvalue weighted by atomic mass is 9.88. The normalized spacial score (nSPS) is 43.6. The highest BCUT2D eigenvalue weighted by atomic mass is 16.8. The molecule has 0 aromatic carbocycles. The van der Waals surface area contributed by atoms with Crippen LogP contribution in [0.3, 0.4) is 0 Å². The van der Waals surface area contributed by atoms with Crippen LogP contribution in [-0.4, -0.2) is 180 Å². The predicted molar refractivity (Wildman–Crippen MR) is 140 cm³/mol. The zero-order valence-electron chi connectivity index (χ0n) is 24.5. The third-order valence-corrected chi connectivity index (χ3v) is 7.83. The van der Waals surface area contributed by atoms with Crippen molar-refractivity contribution in [1.29, 1.82) is 0 Å². The van der Waals surface area contributed by atoms with Gasteiger partial charge >= 0.3 is 5.97 Å². The molecule has 0 aliphatic carbocycles. The summed E-state index contributed by atoms with van der Waals surface area (Å²) in [5, 5.41) is 108. The minimum Gasteiger partial charge on any atom is -0.477 e. The van der Waals surface area contributed by atoms with Crippen LogP contribution in [0.2, 0.25) is 0 Å². The lowest BCUT2D eigenvalue weighted by Crippen LogP contribution is -2.71. The Bertz CT molecular complexity index is 1040. The topological polar surface area (TPSA) is 324 Å². The first kappa shape index (κ1) is 37.3. The number of carbonyl (C=O) groups is 3. The molecule has 20 heteroatoms. The average molecular weight is 659 g/mol. The fourth-order valence-electron chi connectivity index (χ4n) is 5.51. The molecule has 2 amide bonds. The summed E-state index contributed by atoms with van der Waals surface area (Å²) < 4.78 is 27.6. The van der Waals surface area contributed by atoms with E-state index in [2.05, 4.69) is 10.6 Å². The first-order valence-corrected chi connectivity index (χ1v) is 14.1. The van der Waals surface area contributed by atoms with Gasteiger partial charge in [-0.05, 0) is 6.92 Å². The molecule has 0 unspecified atom stereocenters. The Morgan fingerprint density at radius 1 is 0.911 bits per heavy atom. The van der Waals surface area contributed by atoms with Gasteiger partial charge in [-0.3, -0.25) is 9.59 Å². The molecule has 0 aromatic heterocycles. The summed E-state index contributed by atoms with van der Waals surface area (Å²) in [6.45, 7) is 1.60. The largest absolute Gasteiger partial charge is 0.477 e. The molecule has 260 valence electrons. The third kappa shape index (κ3) is 8.05. The summed E-state index contributed by atoms with van der Waals surface area (Å²) in [4.78, 5) is 36.2. The van der Waals surface area contributed by atoms with Crippen LogP contribution in [-0.2, 0) is 38.1 Å². The number of carboxylic acids is 1. The molecule has 12 N–H and O–H groups in total. The zero-order valence-corrected chi connectivity index (χ0v) is 24.5. The van der Waals surface area contributed by atoms with Crippen LogP contribution >= 0.6 is 0 Å². The number of amides is 2. The number of aliphatic hydroxyl groups excluding tert-OH is 9. The number of nitrogens with one attached hydrogen (secondary N) is 2. The molecule has 16 atom stereocenters. The van der Waals surface area contributed by atoms with Crippen molar-refractivity contribution in [2.45, 2.75) is 125 Å². The molecule has 20 nitrogen and oxygen atoms in total. The molecule has 0 spiro atoms. The first-order chi connectivity index (χ1) is 21.0. The lowest BCUT2D eigenvalue weighted by Gasteiger charge is -2.50. The van der Waals surface area contributed by atoms with Gasteiger partial charge in [0, 0.05) is 20.3 Å². The van der Waals surface area contributed by atoms with Gasteiger partial charge in [-0.15, -0.1) is 0 Å². The van der Waals surface area contributed by atoms with Crippen molar-refractivity contribution in [3.63, 3.8) is 0 Å². The smallest absolute Gasteiger partial charge is 0.364 e. The molecule has 0 bridgehead atoms. The van der Waals surface area contributed by atoms with Crippen molar-refractivity contribution in [2.24, 2.45) is 0 Å². The van der Waals surface area contributed by atoms with Gasteiger partial charge in [-0.1, -0.05) is 0 Å². The number of aliphatic carboxylic acids is 1. The van der Waals surface area contributed by atoms with Crippen molar-refractivity contribution in [3.8, 4) is 0 Å². The number of rotatable bonds is 11. The minimum atomic E-state index is -2.96. The molecule has 3 aliphatic heterocycles. The second kappa shape index (κ2) is 15.2. The number of aliphatic hydroxyl groups is 9. The van der Waals surface area contributed by atoms with Crippen molar-refractivity contribution in [3.05, 3.63) is 0 Å². The Labute approximate surface area is 256 Å². The second-order valence-corrected chi connectivity index (χ2v) is 11.2. The van der Waals surface area contributed by atoms with E-state index in [-0.39, 0.29) is 0 Å². The van der Waals surface area contributed by atoms with Gasteiger partial charge in [0.05, 0.1) is 31.5 Å². The van der Waals surface area contributed by atoms with E-state index in [9.17, 15) is 65.4 Å². The number of ether oxygens (including phenoxy) is 5. The molecular weight excluding hydrogens is 616 g/mol. The molecule has 0 radical (unpaired) electrons. The number of carboxylic acid groups (broad SMARTS) is 1. The van der Waals surface area contributed by atoms with E-state index in [0.29, 0.717) is 0 Å². The van der Waals surface area contributed by atoms with E-state index in [1.54, 1.807) is 0 Å². The molecule has 3 heterocycles. The van der Waals surface area contributed by atoms with Crippen molar-refractivity contribution < 1.29 is 89.1 Å². The lowest BCUT2D eigenvalue weighted by molar-refractivity contribution is -0.377. The van der Waals surface area contributed by atoms with E-state index >= 15 is 0 Å². The molecule has 3 aliphatic rings. The van der Waals surface area contributed by atoms with E-state index in [4.69, 9.17) is 23.7 Å². The highest BCUT2D eigenvalue weighted by Crippen LogP contribution is 2.38. The SMILES string of the molecule is CC(=O)N[C@@H]1[C@@H](O[C@H]2O[C@H](C)[C@H](O)[C@H](O[C@]3(C(=O)O)C[C@H](O)[C@@H](NC(C)=O)[C@H]([C@H](O)[C@H](O)CO)O3)[C@H]2O)[C@@H](O)[C@@H](CO)O[C@@H]1O. The van der Waals surface area contributed by atoms with Crippen LogP contribution in [0, 0.1) is 0 Å². The Morgan fingerprint density at radius 3 is 2.04 bits per heavy atom. The number of carbonyl (C=O) groups excluding carboxylic acids is 2. The monoisotopic (exact) mass is 658 g/mol. The minimum absolute atomic E-state index is 0.682. The van der Waals surface area contributed by atoms with Crippen molar-refractivity contribution in [2.75, 3.05) is 13.2 Å². The summed E-state index contributed by atoms with van der Waals surface area (Å²) >= 11 is 0. The summed E-state index contributed by atoms with van der Waals surface area (Å²) in [5.41, 5.74) is 0. The summed E-state index contributed by atoms with van der Waals surface area (Å²) in [6, 6.07) is -2.98. The maximum Gasteiger partial charge on any atom is 0.364 e. The van der Waals surface area contributed by atoms with Crippen LogP contribution < -0.4 is 10.6 Å². The standard InChI is InChI=1S/C25H42N2O18/c1-7-15(34)21(18(37)23(41-7)43-19-14(27-9(3)31)22(38)42-12(6-29)17(19)36)45-25(24(39)40)4-10(32)13(26-8(2)30)20(44-25)16(35)11(33)5-28/h7,10-23,28-29,32-38H,4-6H2,1-3H3,(H,26,30)(H,27,31)(H,39,40)/t7-,10+,11-,12-,13-,14-,15+,16-,17+,18-,19-,20-,21+,22+,23-,25+/m1/s1. The van der Waals surface area contributed by atoms with Gasteiger partial charge in [0.2, 0.25) is 11.8 Å². The van der Waals surface area contributed by atoms with Gasteiger partial charge in [-0.2, -0.15) is 0 Å². The maximum atomic E-state index is 12.6. The van der Waals surface area contributed by atoms with Crippen LogP contribution in [0.4, 0.5) is 0 Å². The Balaban J connectivity index is 1.95. The number of hydrogen-bond donors (Lipinski definition) is 12. The Kier molecular flexibility index (Phi) is 12.6. The Hall–Kier alpha value is -2.15. The van der Waals surface area contributed by atoms with Crippen LogP contribution in [0.25, 0.3) is 0 Å². The molecule has 0 saturated carbocycles. The molecular formula is C25H42N2O18. The zero-order chi connectivity index (χ0) is 34.0. The summed E-state index contributed by atoms with van der Waals surface area (Å²) in [6.07, 6.45) is -24.3. The molecule has 45 heavy (non-hydrogen) atoms. The van der Waals surface area contributed by atoms with Crippen molar-refractivity contribution >= 4 is 17.8 Å². The van der Waals surface area contributed by atoms with Gasteiger partial charge in [0.25, 0.3) is 5.79 Å². The molecule has 3 rings (SSSR count). The van der Waals surface area contributed by atoms with Gasteiger partial charge < -0.3 is 85.4 Å². The fraction of sp³-hybridized carbons (Fsp3) is 0.880. The van der Waals surface area contributed by atoms with Crippen molar-refractivity contribution in [1.82, 2.24) is 10.6 Å². The van der Waals surface area contributed by atoms with Crippen LogP contribution in [0.15, 0.2) is 0 Å². The molecule has 3 fully saturated rings. The van der Waals surface area contributed by atoms with E-state index in [1.165, 1.54) is 6.92 Å². The first-order valence-electron chi connectivity index (χ1n) is 14.1. The van der Waals surface area contributed by atoms with Crippen LogP contribution in [0.5, 0.6) is 0 Å². The average Bonchev–Trinajstić information content (AvgIpc) is 2.97. The summed E-state index contributed by atoms with van der Waals surface area (Å²) in [5.74, 6) is -6.29. The van der Waals surface area contributed by atoms with E-state index in [0.717, 1.165) is 13.8 Å². The highest BCUT2D eigenvalue weighted by molar-refractivity contribution is 5.76. The highest BCUT2D eigenvalue weighted by Gasteiger charge is 2.59. The fourth-order valence-corrected chi connectivity index (χ4v) is 5.51. The second-order valence-electron chi connectivity index (χ2n) is 11.2. The molecule has 0 aromatic rings. The molecule has 3 saturated heterocycles. The predicted octanol–water partition coefficient (Wildman–Crippen LogP) is -7.05. The summed E-state index contributed by atoms with van der Waals surface area (Å²) in [7, 11) is 0. The third-order valence-electron chi connectivity index (χ3n) is 7.83. The Morgan fingerprint density at radius 2 is 1.51 bits per heavy atom. The quantitative estimate of drug-likeness (QED) is 0.0981. The van der Waals surface area contributed by atoms with Gasteiger partial charge in [0.15, 0.2) is 12.6 Å². The number of hydrogen-bond acceptors (Lipinski definition) is 17. The van der Waals surface area contributed by atoms with E-state index in [1.807, 2.05) is 0 Å². The van der Waals surface area contributed by atoms with Gasteiger partial charge in [0.1, 0.15) is 61.0 Å². The van der Waals surface area contributed by atoms with Gasteiger partial charge in [-0.25, -0.2) is 4.79 Å². The maximum absolute atomic E-state index is 12.6. The van der Waals surface area contributed by atoms with Crippen LogP contribution in [0.1, 0.15) is 27.2 Å².